The zero-order valence-corrected chi connectivity index (χ0v) is 12.3. The number of halogens is 1. The highest BCUT2D eigenvalue weighted by atomic mass is 79.9. The molecule has 0 atom stereocenters. The van der Waals surface area contributed by atoms with Gasteiger partial charge in [0.15, 0.2) is 0 Å². The molecule has 1 rings (SSSR count). The molecule has 1 aromatic rings. The minimum absolute atomic E-state index is 0.0266. The van der Waals surface area contributed by atoms with E-state index in [4.69, 9.17) is 0 Å². The molecular weight excluding hydrogens is 282 g/mol. The number of carbonyl (C=O) groups is 1. The lowest BCUT2D eigenvalue weighted by Gasteiger charge is -2.29. The van der Waals surface area contributed by atoms with Crippen LogP contribution < -0.4 is 0 Å². The van der Waals surface area contributed by atoms with Gasteiger partial charge in [-0.25, -0.2) is 0 Å². The Morgan fingerprint density at radius 2 is 2.18 bits per heavy atom. The van der Waals surface area contributed by atoms with Gasteiger partial charge in [0.25, 0.3) is 5.91 Å². The quantitative estimate of drug-likeness (QED) is 0.757. The molecule has 0 N–H and O–H groups in total. The first kappa shape index (κ1) is 14.2. The molecule has 0 aliphatic heterocycles. The molecule has 0 spiro atoms. The van der Waals surface area contributed by atoms with Crippen LogP contribution in [0.3, 0.4) is 0 Å². The molecule has 0 fully saturated rings. The van der Waals surface area contributed by atoms with Gasteiger partial charge < -0.3 is 4.90 Å². The summed E-state index contributed by atoms with van der Waals surface area (Å²) in [5, 5.41) is 4.97. The summed E-state index contributed by atoms with van der Waals surface area (Å²) in [5.74, 6) is 0.0266. The Morgan fingerprint density at radius 3 is 2.59 bits per heavy atom. The number of aryl methyl sites for hydroxylation is 1. The summed E-state index contributed by atoms with van der Waals surface area (Å²) in [6.07, 6.45) is 3.75. The topological polar surface area (TPSA) is 38.1 Å². The highest BCUT2D eigenvalue weighted by molar-refractivity contribution is 9.09. The van der Waals surface area contributed by atoms with Crippen molar-refractivity contribution < 1.29 is 4.79 Å². The van der Waals surface area contributed by atoms with Crippen LogP contribution in [-0.2, 0) is 7.05 Å². The molecule has 0 radical (unpaired) electrons. The highest BCUT2D eigenvalue weighted by Crippen LogP contribution is 2.13. The van der Waals surface area contributed by atoms with Gasteiger partial charge in [-0.2, -0.15) is 5.10 Å². The SMILES string of the molecule is CCC(CC)N(CCBr)C(=O)c1ccn(C)n1. The fourth-order valence-corrected chi connectivity index (χ4v) is 2.33. The maximum Gasteiger partial charge on any atom is 0.274 e. The van der Waals surface area contributed by atoms with E-state index in [0.717, 1.165) is 24.7 Å². The molecule has 4 nitrogen and oxygen atoms in total. The van der Waals surface area contributed by atoms with E-state index in [2.05, 4.69) is 34.9 Å². The fraction of sp³-hybridized carbons (Fsp3) is 0.667. The van der Waals surface area contributed by atoms with Crippen molar-refractivity contribution in [1.82, 2.24) is 14.7 Å². The Bertz CT molecular complexity index is 360. The van der Waals surface area contributed by atoms with Gasteiger partial charge in [0, 0.05) is 31.2 Å². The molecule has 0 aliphatic rings. The number of hydrogen-bond donors (Lipinski definition) is 0. The van der Waals surface area contributed by atoms with Crippen LogP contribution >= 0.6 is 15.9 Å². The minimum atomic E-state index is 0.0266. The third kappa shape index (κ3) is 3.56. The number of carbonyl (C=O) groups excluding carboxylic acids is 1. The predicted octanol–water partition coefficient (Wildman–Crippen LogP) is 2.45. The van der Waals surface area contributed by atoms with Gasteiger partial charge in [-0.3, -0.25) is 9.48 Å². The fourth-order valence-electron chi connectivity index (χ4n) is 1.95. The second kappa shape index (κ2) is 6.79. The predicted molar refractivity (Wildman–Crippen MR) is 72.4 cm³/mol. The van der Waals surface area contributed by atoms with Gasteiger partial charge in [0.1, 0.15) is 5.69 Å². The first-order chi connectivity index (χ1) is 8.13. The third-order valence-corrected chi connectivity index (χ3v) is 3.26. The Labute approximate surface area is 111 Å². The summed E-state index contributed by atoms with van der Waals surface area (Å²) in [4.78, 5) is 14.3. The molecule has 1 amide bonds. The lowest BCUT2D eigenvalue weighted by molar-refractivity contribution is 0.0676. The van der Waals surface area contributed by atoms with E-state index in [9.17, 15) is 4.79 Å². The number of alkyl halides is 1. The van der Waals surface area contributed by atoms with Gasteiger partial charge in [-0.15, -0.1) is 0 Å². The Hall–Kier alpha value is -0.840. The molecule has 1 aromatic heterocycles. The molecule has 5 heteroatoms. The van der Waals surface area contributed by atoms with Gasteiger partial charge in [0.05, 0.1) is 0 Å². The van der Waals surface area contributed by atoms with E-state index in [-0.39, 0.29) is 5.91 Å². The van der Waals surface area contributed by atoms with E-state index in [1.807, 2.05) is 11.9 Å². The molecule has 0 saturated carbocycles. The van der Waals surface area contributed by atoms with Crippen LogP contribution in [0, 0.1) is 0 Å². The standard InChI is InChI=1S/C12H20BrN3O/c1-4-10(5-2)16(9-7-13)12(17)11-6-8-15(3)14-11/h6,8,10H,4-5,7,9H2,1-3H3. The highest BCUT2D eigenvalue weighted by Gasteiger charge is 2.23. The molecule has 0 aliphatic carbocycles. The number of aromatic nitrogens is 2. The molecule has 0 saturated heterocycles. The number of amides is 1. The lowest BCUT2D eigenvalue weighted by Crippen LogP contribution is -2.41. The van der Waals surface area contributed by atoms with Crippen LogP contribution in [0.15, 0.2) is 12.3 Å². The van der Waals surface area contributed by atoms with E-state index in [1.54, 1.807) is 16.9 Å². The maximum atomic E-state index is 12.3. The van der Waals surface area contributed by atoms with Crippen LogP contribution in [0.2, 0.25) is 0 Å². The van der Waals surface area contributed by atoms with Crippen molar-refractivity contribution in [3.8, 4) is 0 Å². The van der Waals surface area contributed by atoms with E-state index >= 15 is 0 Å². The number of hydrogen-bond acceptors (Lipinski definition) is 2. The van der Waals surface area contributed by atoms with Crippen molar-refractivity contribution in [2.75, 3.05) is 11.9 Å². The average Bonchev–Trinajstić information content (AvgIpc) is 2.75. The van der Waals surface area contributed by atoms with Crippen LogP contribution in [0.5, 0.6) is 0 Å². The van der Waals surface area contributed by atoms with Gasteiger partial charge >= 0.3 is 0 Å². The maximum absolute atomic E-state index is 12.3. The monoisotopic (exact) mass is 301 g/mol. The van der Waals surface area contributed by atoms with Gasteiger partial charge in [-0.05, 0) is 18.9 Å². The summed E-state index contributed by atoms with van der Waals surface area (Å²) in [7, 11) is 1.82. The van der Waals surface area contributed by atoms with Gasteiger partial charge in [0.2, 0.25) is 0 Å². The molecule has 0 aromatic carbocycles. The van der Waals surface area contributed by atoms with Gasteiger partial charge in [-0.1, -0.05) is 29.8 Å². The average molecular weight is 302 g/mol. The van der Waals surface area contributed by atoms with Crippen molar-refractivity contribution in [3.63, 3.8) is 0 Å². The zero-order valence-electron chi connectivity index (χ0n) is 10.7. The summed E-state index contributed by atoms with van der Waals surface area (Å²) >= 11 is 3.40. The normalized spacial score (nSPS) is 10.9. The summed E-state index contributed by atoms with van der Waals surface area (Å²) in [5.41, 5.74) is 0.528. The van der Waals surface area contributed by atoms with E-state index in [0.29, 0.717) is 11.7 Å². The second-order valence-electron chi connectivity index (χ2n) is 4.03. The molecule has 1 heterocycles. The summed E-state index contributed by atoms with van der Waals surface area (Å²) < 4.78 is 1.66. The molecule has 17 heavy (non-hydrogen) atoms. The number of nitrogens with zero attached hydrogens (tertiary/aromatic N) is 3. The Balaban J connectivity index is 2.86. The lowest BCUT2D eigenvalue weighted by atomic mass is 10.1. The van der Waals surface area contributed by atoms with E-state index < -0.39 is 0 Å². The minimum Gasteiger partial charge on any atom is -0.333 e. The Morgan fingerprint density at radius 1 is 1.53 bits per heavy atom. The number of rotatable bonds is 6. The van der Waals surface area contributed by atoms with Crippen molar-refractivity contribution >= 4 is 21.8 Å². The zero-order chi connectivity index (χ0) is 12.8. The third-order valence-electron chi connectivity index (χ3n) is 2.90. The summed E-state index contributed by atoms with van der Waals surface area (Å²) in [6, 6.07) is 2.06. The molecule has 96 valence electrons. The largest absolute Gasteiger partial charge is 0.333 e. The van der Waals surface area contributed by atoms with Crippen LogP contribution in [0.25, 0.3) is 0 Å². The van der Waals surface area contributed by atoms with Crippen LogP contribution in [0.4, 0.5) is 0 Å². The van der Waals surface area contributed by atoms with Crippen molar-refractivity contribution in [2.24, 2.45) is 7.05 Å². The summed E-state index contributed by atoms with van der Waals surface area (Å²) in [6.45, 7) is 4.95. The van der Waals surface area contributed by atoms with Crippen molar-refractivity contribution in [3.05, 3.63) is 18.0 Å². The Kier molecular flexibility index (Phi) is 5.68. The second-order valence-corrected chi connectivity index (χ2v) is 4.83. The van der Waals surface area contributed by atoms with Crippen molar-refractivity contribution in [1.29, 1.82) is 0 Å². The van der Waals surface area contributed by atoms with Crippen LogP contribution in [-0.4, -0.2) is 38.5 Å². The van der Waals surface area contributed by atoms with Crippen molar-refractivity contribution in [2.45, 2.75) is 32.7 Å². The molecule has 0 bridgehead atoms. The smallest absolute Gasteiger partial charge is 0.274 e. The van der Waals surface area contributed by atoms with Crippen LogP contribution in [0.1, 0.15) is 37.2 Å². The molecule has 0 unspecified atom stereocenters. The van der Waals surface area contributed by atoms with E-state index in [1.165, 1.54) is 0 Å². The first-order valence-electron chi connectivity index (χ1n) is 6.00. The first-order valence-corrected chi connectivity index (χ1v) is 7.12. The molecular formula is C12H20BrN3O.